The summed E-state index contributed by atoms with van der Waals surface area (Å²) in [4.78, 5) is 24.9. The van der Waals surface area contributed by atoms with Crippen molar-refractivity contribution in [3.05, 3.63) is 59.5 Å². The number of aliphatic carboxylic acids is 1. The molecule has 1 aromatic heterocycles. The van der Waals surface area contributed by atoms with Gasteiger partial charge in [0.15, 0.2) is 5.76 Å². The molecule has 0 bridgehead atoms. The van der Waals surface area contributed by atoms with Crippen LogP contribution in [0.2, 0.25) is 0 Å². The number of carboxylic acids is 1. The van der Waals surface area contributed by atoms with Crippen LogP contribution in [0.5, 0.6) is 0 Å². The van der Waals surface area contributed by atoms with Crippen LogP contribution in [0.15, 0.2) is 47.1 Å². The van der Waals surface area contributed by atoms with Gasteiger partial charge in [-0.2, -0.15) is 0 Å². The van der Waals surface area contributed by atoms with E-state index in [4.69, 9.17) is 9.52 Å². The van der Waals surface area contributed by atoms with Crippen molar-refractivity contribution in [2.24, 2.45) is 0 Å². The lowest BCUT2D eigenvalue weighted by Gasteiger charge is -2.22. The van der Waals surface area contributed by atoms with E-state index >= 15 is 0 Å². The van der Waals surface area contributed by atoms with Crippen molar-refractivity contribution in [3.63, 3.8) is 0 Å². The molecular weight excluding hydrogens is 282 g/mol. The van der Waals surface area contributed by atoms with Crippen LogP contribution in [0.4, 0.5) is 0 Å². The topological polar surface area (TPSA) is 70.8 Å². The van der Waals surface area contributed by atoms with Gasteiger partial charge in [0.05, 0.1) is 6.26 Å². The molecule has 0 aliphatic carbocycles. The van der Waals surface area contributed by atoms with Crippen LogP contribution in [0.1, 0.15) is 34.5 Å². The Morgan fingerprint density at radius 2 is 1.91 bits per heavy atom. The number of carbonyl (C=O) groups is 2. The fourth-order valence-corrected chi connectivity index (χ4v) is 2.21. The SMILES string of the molecule is Cc1ccoc1C(=O)N(CCCC(=O)O)Cc1ccccc1. The fourth-order valence-electron chi connectivity index (χ4n) is 2.21. The molecule has 2 rings (SSSR count). The molecule has 0 fully saturated rings. The van der Waals surface area contributed by atoms with E-state index < -0.39 is 5.97 Å². The van der Waals surface area contributed by atoms with Gasteiger partial charge in [-0.3, -0.25) is 9.59 Å². The molecule has 22 heavy (non-hydrogen) atoms. The van der Waals surface area contributed by atoms with Crippen molar-refractivity contribution in [3.8, 4) is 0 Å². The van der Waals surface area contributed by atoms with Gasteiger partial charge in [-0.05, 0) is 25.0 Å². The molecule has 5 nitrogen and oxygen atoms in total. The van der Waals surface area contributed by atoms with Crippen LogP contribution < -0.4 is 0 Å². The molecule has 0 aliphatic rings. The predicted molar refractivity (Wildman–Crippen MR) is 81.5 cm³/mol. The van der Waals surface area contributed by atoms with Crippen molar-refractivity contribution in [2.45, 2.75) is 26.3 Å². The van der Waals surface area contributed by atoms with Gasteiger partial charge in [-0.25, -0.2) is 0 Å². The van der Waals surface area contributed by atoms with Gasteiger partial charge in [0.2, 0.25) is 0 Å². The van der Waals surface area contributed by atoms with Crippen LogP contribution in [0.3, 0.4) is 0 Å². The Morgan fingerprint density at radius 3 is 2.50 bits per heavy atom. The highest BCUT2D eigenvalue weighted by atomic mass is 16.4. The minimum absolute atomic E-state index is 0.0374. The normalized spacial score (nSPS) is 10.4. The van der Waals surface area contributed by atoms with Crippen molar-refractivity contribution in [2.75, 3.05) is 6.54 Å². The average Bonchev–Trinajstić information content (AvgIpc) is 2.92. The summed E-state index contributed by atoms with van der Waals surface area (Å²) < 4.78 is 5.26. The third-order valence-electron chi connectivity index (χ3n) is 3.38. The Hall–Kier alpha value is -2.56. The monoisotopic (exact) mass is 301 g/mol. The molecule has 0 saturated carbocycles. The van der Waals surface area contributed by atoms with Crippen LogP contribution in [-0.2, 0) is 11.3 Å². The molecule has 0 saturated heterocycles. The quantitative estimate of drug-likeness (QED) is 0.853. The first kappa shape index (κ1) is 15.8. The van der Waals surface area contributed by atoms with Crippen molar-refractivity contribution in [1.29, 1.82) is 0 Å². The van der Waals surface area contributed by atoms with Gasteiger partial charge in [-0.15, -0.1) is 0 Å². The summed E-state index contributed by atoms with van der Waals surface area (Å²) in [7, 11) is 0. The van der Waals surface area contributed by atoms with E-state index in [1.54, 1.807) is 11.0 Å². The second-order valence-corrected chi connectivity index (χ2v) is 5.14. The standard InChI is InChI=1S/C17H19NO4/c1-13-9-11-22-16(13)17(21)18(10-5-8-15(19)20)12-14-6-3-2-4-7-14/h2-4,6-7,9,11H,5,8,10,12H2,1H3,(H,19,20). The number of nitrogens with zero attached hydrogens (tertiary/aromatic N) is 1. The van der Waals surface area contributed by atoms with Gasteiger partial charge in [0, 0.05) is 25.1 Å². The summed E-state index contributed by atoms with van der Waals surface area (Å²) in [5, 5.41) is 8.76. The van der Waals surface area contributed by atoms with Gasteiger partial charge in [-0.1, -0.05) is 30.3 Å². The minimum atomic E-state index is -0.860. The first-order chi connectivity index (χ1) is 10.6. The van der Waals surface area contributed by atoms with Crippen molar-refractivity contribution < 1.29 is 19.1 Å². The Kier molecular flexibility index (Phi) is 5.36. The lowest BCUT2D eigenvalue weighted by atomic mass is 10.1. The molecule has 0 radical (unpaired) electrons. The first-order valence-corrected chi connectivity index (χ1v) is 7.17. The molecule has 1 amide bonds. The zero-order valence-corrected chi connectivity index (χ0v) is 12.5. The van der Waals surface area contributed by atoms with Crippen molar-refractivity contribution >= 4 is 11.9 Å². The Bertz CT molecular complexity index is 633. The molecular formula is C17H19NO4. The highest BCUT2D eigenvalue weighted by molar-refractivity contribution is 5.92. The molecule has 1 aromatic carbocycles. The van der Waals surface area contributed by atoms with Gasteiger partial charge in [0.1, 0.15) is 0 Å². The zero-order valence-electron chi connectivity index (χ0n) is 12.5. The van der Waals surface area contributed by atoms with E-state index in [2.05, 4.69) is 0 Å². The second kappa shape index (κ2) is 7.45. The summed E-state index contributed by atoms with van der Waals surface area (Å²) >= 11 is 0. The maximum absolute atomic E-state index is 12.6. The molecule has 1 heterocycles. The molecule has 2 aromatic rings. The fraction of sp³-hybridized carbons (Fsp3) is 0.294. The number of carbonyl (C=O) groups excluding carboxylic acids is 1. The molecule has 0 atom stereocenters. The maximum Gasteiger partial charge on any atom is 0.303 e. The molecule has 116 valence electrons. The Balaban J connectivity index is 2.12. The number of rotatable bonds is 7. The molecule has 1 N–H and O–H groups in total. The molecule has 5 heteroatoms. The predicted octanol–water partition coefficient (Wildman–Crippen LogP) is 3.10. The van der Waals surface area contributed by atoms with E-state index in [-0.39, 0.29) is 12.3 Å². The lowest BCUT2D eigenvalue weighted by molar-refractivity contribution is -0.137. The number of benzene rings is 1. The van der Waals surface area contributed by atoms with E-state index in [9.17, 15) is 9.59 Å². The summed E-state index contributed by atoms with van der Waals surface area (Å²) in [5.41, 5.74) is 1.77. The molecule has 0 unspecified atom stereocenters. The Morgan fingerprint density at radius 1 is 1.18 bits per heavy atom. The number of carboxylic acid groups (broad SMARTS) is 1. The third-order valence-corrected chi connectivity index (χ3v) is 3.38. The lowest BCUT2D eigenvalue weighted by Crippen LogP contribution is -2.32. The average molecular weight is 301 g/mol. The summed E-state index contributed by atoms with van der Waals surface area (Å²) in [5.74, 6) is -0.760. The van der Waals surface area contributed by atoms with Gasteiger partial charge < -0.3 is 14.4 Å². The number of hydrogen-bond acceptors (Lipinski definition) is 3. The van der Waals surface area contributed by atoms with Crippen LogP contribution in [0.25, 0.3) is 0 Å². The van der Waals surface area contributed by atoms with Crippen LogP contribution in [0, 0.1) is 6.92 Å². The van der Waals surface area contributed by atoms with E-state index in [1.165, 1.54) is 6.26 Å². The number of furan rings is 1. The van der Waals surface area contributed by atoms with E-state index in [0.717, 1.165) is 11.1 Å². The summed E-state index contributed by atoms with van der Waals surface area (Å²) in [6, 6.07) is 11.3. The number of aryl methyl sites for hydroxylation is 1. The van der Waals surface area contributed by atoms with Gasteiger partial charge >= 0.3 is 5.97 Å². The largest absolute Gasteiger partial charge is 0.481 e. The first-order valence-electron chi connectivity index (χ1n) is 7.17. The zero-order chi connectivity index (χ0) is 15.9. The van der Waals surface area contributed by atoms with Crippen LogP contribution >= 0.6 is 0 Å². The summed E-state index contributed by atoms with van der Waals surface area (Å²) in [6.07, 6.45) is 1.93. The molecule has 0 spiro atoms. The van der Waals surface area contributed by atoms with Crippen LogP contribution in [-0.4, -0.2) is 28.4 Å². The second-order valence-electron chi connectivity index (χ2n) is 5.14. The maximum atomic E-state index is 12.6. The van der Waals surface area contributed by atoms with E-state index in [0.29, 0.717) is 25.3 Å². The number of amides is 1. The van der Waals surface area contributed by atoms with Crippen molar-refractivity contribution in [1.82, 2.24) is 4.90 Å². The van der Waals surface area contributed by atoms with E-state index in [1.807, 2.05) is 37.3 Å². The smallest absolute Gasteiger partial charge is 0.303 e. The Labute approximate surface area is 129 Å². The minimum Gasteiger partial charge on any atom is -0.481 e. The third kappa shape index (κ3) is 4.22. The highest BCUT2D eigenvalue weighted by Crippen LogP contribution is 2.15. The van der Waals surface area contributed by atoms with Gasteiger partial charge in [0.25, 0.3) is 5.91 Å². The number of hydrogen-bond donors (Lipinski definition) is 1. The summed E-state index contributed by atoms with van der Waals surface area (Å²) in [6.45, 7) is 2.62. The highest BCUT2D eigenvalue weighted by Gasteiger charge is 2.20. The molecule has 0 aliphatic heterocycles.